The minimum atomic E-state index is -0.513. The van der Waals surface area contributed by atoms with Gasteiger partial charge in [-0.2, -0.15) is 0 Å². The summed E-state index contributed by atoms with van der Waals surface area (Å²) >= 11 is 0. The minimum absolute atomic E-state index is 0.387. The highest BCUT2D eigenvalue weighted by Crippen LogP contribution is 2.36. The van der Waals surface area contributed by atoms with E-state index in [0.29, 0.717) is 17.2 Å². The van der Waals surface area contributed by atoms with Gasteiger partial charge >= 0.3 is 7.12 Å². The highest BCUT2D eigenvalue weighted by molar-refractivity contribution is 6.61. The lowest BCUT2D eigenvalue weighted by molar-refractivity contribution is 0.00578. The maximum absolute atomic E-state index is 5.93. The summed E-state index contributed by atoms with van der Waals surface area (Å²) in [5, 5.41) is 0. The highest BCUT2D eigenvalue weighted by atomic mass is 16.7. The molecule has 0 saturated carbocycles. The van der Waals surface area contributed by atoms with Crippen LogP contribution in [0.3, 0.4) is 0 Å². The lowest BCUT2D eigenvalue weighted by Gasteiger charge is -2.32. The van der Waals surface area contributed by atoms with Crippen molar-refractivity contribution in [3.8, 4) is 11.6 Å². The predicted octanol–water partition coefficient (Wildman–Crippen LogP) is 2.04. The van der Waals surface area contributed by atoms with E-state index in [-0.39, 0.29) is 11.2 Å². The second kappa shape index (κ2) is 4.43. The molecule has 0 radical (unpaired) electrons. The van der Waals surface area contributed by atoms with Crippen LogP contribution in [-0.2, 0) is 9.31 Å². The second-order valence-corrected chi connectivity index (χ2v) is 5.88. The van der Waals surface area contributed by atoms with Crippen LogP contribution in [0.15, 0.2) is 35.1 Å². The molecular formula is C14H17BN2O3. The summed E-state index contributed by atoms with van der Waals surface area (Å²) in [6.07, 6.45) is 3.26. The largest absolute Gasteiger partial charge is 0.517 e. The van der Waals surface area contributed by atoms with Gasteiger partial charge in [-0.05, 0) is 39.8 Å². The van der Waals surface area contributed by atoms with Crippen molar-refractivity contribution in [1.82, 2.24) is 9.97 Å². The van der Waals surface area contributed by atoms with Gasteiger partial charge in [0.15, 0.2) is 0 Å². The number of rotatable bonds is 2. The van der Waals surface area contributed by atoms with Crippen molar-refractivity contribution in [2.45, 2.75) is 38.9 Å². The Balaban J connectivity index is 1.86. The Bertz CT molecular complexity index is 594. The summed E-state index contributed by atoms with van der Waals surface area (Å²) in [4.78, 5) is 8.62. The highest BCUT2D eigenvalue weighted by Gasteiger charge is 2.52. The number of hydrogen-bond acceptors (Lipinski definition) is 5. The number of aromatic nitrogens is 2. The van der Waals surface area contributed by atoms with Crippen molar-refractivity contribution in [3.63, 3.8) is 0 Å². The maximum Gasteiger partial charge on any atom is 0.517 e. The van der Waals surface area contributed by atoms with E-state index in [2.05, 4.69) is 9.97 Å². The third-order valence-electron chi connectivity index (χ3n) is 3.90. The molecule has 0 N–H and O–H groups in total. The Morgan fingerprint density at radius 3 is 2.35 bits per heavy atom. The van der Waals surface area contributed by atoms with E-state index in [1.807, 2.05) is 45.9 Å². The normalized spacial score (nSPS) is 20.3. The van der Waals surface area contributed by atoms with Crippen LogP contribution >= 0.6 is 0 Å². The third kappa shape index (κ3) is 2.15. The van der Waals surface area contributed by atoms with Crippen molar-refractivity contribution in [2.24, 2.45) is 0 Å². The van der Waals surface area contributed by atoms with Crippen molar-refractivity contribution in [1.29, 1.82) is 0 Å². The van der Waals surface area contributed by atoms with Crippen LogP contribution in [-0.4, -0.2) is 28.3 Å². The van der Waals surface area contributed by atoms with Gasteiger partial charge < -0.3 is 13.7 Å². The fourth-order valence-electron chi connectivity index (χ4n) is 1.97. The van der Waals surface area contributed by atoms with Gasteiger partial charge in [0.25, 0.3) is 0 Å². The molecule has 0 amide bonds. The zero-order valence-corrected chi connectivity index (χ0v) is 12.1. The van der Waals surface area contributed by atoms with Crippen LogP contribution in [0.5, 0.6) is 0 Å². The second-order valence-electron chi connectivity index (χ2n) is 5.88. The molecule has 1 aliphatic heterocycles. The molecule has 20 heavy (non-hydrogen) atoms. The van der Waals surface area contributed by atoms with E-state index in [0.717, 1.165) is 0 Å². The number of oxazole rings is 1. The first-order valence-corrected chi connectivity index (χ1v) is 6.61. The molecular weight excluding hydrogens is 255 g/mol. The number of pyridine rings is 1. The van der Waals surface area contributed by atoms with Crippen molar-refractivity contribution in [2.75, 3.05) is 0 Å². The van der Waals surface area contributed by atoms with Gasteiger partial charge in [0.2, 0.25) is 5.89 Å². The van der Waals surface area contributed by atoms with Crippen molar-refractivity contribution in [3.05, 3.63) is 30.7 Å². The summed E-state index contributed by atoms with van der Waals surface area (Å²) in [7, 11) is -0.513. The average Bonchev–Trinajstić information content (AvgIpc) is 2.94. The molecule has 6 heteroatoms. The van der Waals surface area contributed by atoms with Crippen LogP contribution in [0.1, 0.15) is 27.7 Å². The van der Waals surface area contributed by atoms with E-state index in [1.165, 1.54) is 0 Å². The van der Waals surface area contributed by atoms with Crippen LogP contribution < -0.4 is 5.59 Å². The SMILES string of the molecule is CC1(C)OB(c2coc(-c3ccccn3)n2)OC1(C)C. The molecule has 0 bridgehead atoms. The van der Waals surface area contributed by atoms with Crippen LogP contribution in [0.2, 0.25) is 0 Å². The fraction of sp³-hybridized carbons (Fsp3) is 0.429. The van der Waals surface area contributed by atoms with E-state index in [9.17, 15) is 0 Å². The van der Waals surface area contributed by atoms with Gasteiger partial charge in [-0.25, -0.2) is 4.98 Å². The van der Waals surface area contributed by atoms with Gasteiger partial charge in [-0.3, -0.25) is 4.98 Å². The Hall–Kier alpha value is -1.66. The van der Waals surface area contributed by atoms with E-state index in [1.54, 1.807) is 12.5 Å². The molecule has 5 nitrogen and oxygen atoms in total. The Kier molecular flexibility index (Phi) is 2.95. The van der Waals surface area contributed by atoms with Crippen LogP contribution in [0.4, 0.5) is 0 Å². The topological polar surface area (TPSA) is 57.4 Å². The molecule has 1 saturated heterocycles. The van der Waals surface area contributed by atoms with Crippen LogP contribution in [0.25, 0.3) is 11.6 Å². The first-order chi connectivity index (χ1) is 9.39. The van der Waals surface area contributed by atoms with Gasteiger partial charge in [0, 0.05) is 6.20 Å². The Morgan fingerprint density at radius 1 is 1.05 bits per heavy atom. The summed E-state index contributed by atoms with van der Waals surface area (Å²) in [6.45, 7) is 8.03. The molecule has 0 aromatic carbocycles. The standard InChI is InChI=1S/C14H17BN2O3/c1-13(2)14(3,4)20-15(19-13)11-9-18-12(17-11)10-7-5-6-8-16-10/h5-9H,1-4H3. The Labute approximate surface area is 118 Å². The first kappa shape index (κ1) is 13.3. The molecule has 2 aromatic heterocycles. The molecule has 1 fully saturated rings. The van der Waals surface area contributed by atoms with E-state index >= 15 is 0 Å². The predicted molar refractivity (Wildman–Crippen MR) is 75.5 cm³/mol. The molecule has 104 valence electrons. The lowest BCUT2D eigenvalue weighted by Crippen LogP contribution is -2.41. The monoisotopic (exact) mass is 272 g/mol. The maximum atomic E-state index is 5.93. The molecule has 2 aromatic rings. The summed E-state index contributed by atoms with van der Waals surface area (Å²) < 4.78 is 17.3. The lowest BCUT2D eigenvalue weighted by atomic mass is 9.86. The molecule has 0 spiro atoms. The number of nitrogens with zero attached hydrogens (tertiary/aromatic N) is 2. The summed E-state index contributed by atoms with van der Waals surface area (Å²) in [5.74, 6) is 0.468. The third-order valence-corrected chi connectivity index (χ3v) is 3.90. The zero-order chi connectivity index (χ0) is 14.4. The molecule has 0 aliphatic carbocycles. The van der Waals surface area contributed by atoms with Crippen LogP contribution in [0, 0.1) is 0 Å². The summed E-state index contributed by atoms with van der Waals surface area (Å²) in [5.41, 5.74) is 0.545. The molecule has 0 atom stereocenters. The fourth-order valence-corrected chi connectivity index (χ4v) is 1.97. The van der Waals surface area contributed by atoms with Gasteiger partial charge in [-0.1, -0.05) is 6.07 Å². The average molecular weight is 272 g/mol. The van der Waals surface area contributed by atoms with Gasteiger partial charge in [0.05, 0.1) is 11.2 Å². The molecule has 3 rings (SSSR count). The minimum Gasteiger partial charge on any atom is -0.444 e. The van der Waals surface area contributed by atoms with Gasteiger partial charge in [0.1, 0.15) is 17.6 Å². The van der Waals surface area contributed by atoms with Crippen molar-refractivity contribution < 1.29 is 13.7 Å². The van der Waals surface area contributed by atoms with E-state index < -0.39 is 7.12 Å². The van der Waals surface area contributed by atoms with Gasteiger partial charge in [-0.15, -0.1) is 0 Å². The number of hydrogen-bond donors (Lipinski definition) is 0. The zero-order valence-electron chi connectivity index (χ0n) is 12.1. The smallest absolute Gasteiger partial charge is 0.444 e. The molecule has 1 aliphatic rings. The first-order valence-electron chi connectivity index (χ1n) is 6.61. The summed E-state index contributed by atoms with van der Waals surface area (Å²) in [6, 6.07) is 5.59. The quantitative estimate of drug-likeness (QED) is 0.783. The molecule has 3 heterocycles. The Morgan fingerprint density at radius 2 is 1.75 bits per heavy atom. The van der Waals surface area contributed by atoms with E-state index in [4.69, 9.17) is 13.7 Å². The van der Waals surface area contributed by atoms with Crippen molar-refractivity contribution >= 4 is 12.7 Å². The molecule has 0 unspecified atom stereocenters.